The van der Waals surface area contributed by atoms with Gasteiger partial charge in [0, 0.05) is 29.7 Å². The molecule has 2 amide bonds. The molecule has 0 spiro atoms. The number of allylic oxidation sites excluding steroid dienone is 2. The molecule has 0 bridgehead atoms. The fraction of sp³-hybridized carbons (Fsp3) is 0. The van der Waals surface area contributed by atoms with Gasteiger partial charge in [-0.2, -0.15) is 0 Å². The third kappa shape index (κ3) is 7.56. The number of nitrogens with zero attached hydrogens (tertiary/aromatic N) is 4. The fourth-order valence-corrected chi connectivity index (χ4v) is 3.06. The Labute approximate surface area is 226 Å². The maximum absolute atomic E-state index is 13.3. The first kappa shape index (κ1) is 29.7. The van der Waals surface area contributed by atoms with Gasteiger partial charge in [0.15, 0.2) is 0 Å². The van der Waals surface area contributed by atoms with Crippen molar-refractivity contribution in [1.29, 1.82) is 0 Å². The molecule has 2 aromatic carbocycles. The minimum atomic E-state index is -0.326. The number of halogens is 4. The van der Waals surface area contributed by atoms with Crippen molar-refractivity contribution in [2.24, 2.45) is 4.99 Å². The molecule has 35 heavy (non-hydrogen) atoms. The van der Waals surface area contributed by atoms with Crippen LogP contribution in [0, 0.1) is 0 Å². The Morgan fingerprint density at radius 1 is 0.857 bits per heavy atom. The van der Waals surface area contributed by atoms with Crippen LogP contribution in [0.5, 0.6) is 0 Å². The van der Waals surface area contributed by atoms with E-state index < -0.39 is 0 Å². The van der Waals surface area contributed by atoms with Gasteiger partial charge < -0.3 is 5.32 Å². The summed E-state index contributed by atoms with van der Waals surface area (Å²) in [5, 5.41) is 6.26. The lowest BCUT2D eigenvalue weighted by molar-refractivity contribution is 0.0953. The predicted molar refractivity (Wildman–Crippen MR) is 147 cm³/mol. The largest absolute Gasteiger partial charge is 0.307 e. The summed E-state index contributed by atoms with van der Waals surface area (Å²) in [6.45, 7) is 0. The zero-order valence-corrected chi connectivity index (χ0v) is 21.2. The minimum Gasteiger partial charge on any atom is -0.307 e. The van der Waals surface area contributed by atoms with E-state index in [9.17, 15) is 9.59 Å². The molecule has 0 aliphatic carbocycles. The molecule has 1 aliphatic rings. The van der Waals surface area contributed by atoms with Gasteiger partial charge in [-0.3, -0.25) is 9.59 Å². The number of amides is 2. The van der Waals surface area contributed by atoms with Crippen LogP contribution in [-0.2, 0) is 0 Å². The molecule has 4 rings (SSSR count). The third-order valence-corrected chi connectivity index (χ3v) is 4.72. The minimum absolute atomic E-state index is 0. The number of nitrogens with one attached hydrogen (secondary N) is 1. The Hall–Kier alpha value is -3.36. The van der Waals surface area contributed by atoms with E-state index in [2.05, 4.69) is 15.3 Å². The number of aliphatic imine (C=N–C) groups is 1. The number of benzene rings is 2. The number of carbonyl (C=O) groups is 2. The molecule has 1 N–H and O–H groups in total. The van der Waals surface area contributed by atoms with Gasteiger partial charge in [-0.05, 0) is 60.7 Å². The van der Waals surface area contributed by atoms with E-state index in [0.29, 0.717) is 27.7 Å². The highest BCUT2D eigenvalue weighted by Crippen LogP contribution is 2.22. The van der Waals surface area contributed by atoms with Gasteiger partial charge in [0.25, 0.3) is 11.8 Å². The lowest BCUT2D eigenvalue weighted by atomic mass is 10.1. The van der Waals surface area contributed by atoms with Crippen molar-refractivity contribution in [3.05, 3.63) is 114 Å². The number of pyridine rings is 1. The number of rotatable bonds is 5. The van der Waals surface area contributed by atoms with Crippen LogP contribution in [0.1, 0.15) is 20.7 Å². The Balaban J connectivity index is 0.00000204. The predicted octanol–water partition coefficient (Wildman–Crippen LogP) is 6.19. The highest BCUT2D eigenvalue weighted by atomic mass is 35.5. The number of aromatic nitrogens is 1. The molecule has 0 saturated heterocycles. The third-order valence-electron chi connectivity index (χ3n) is 4.49. The molecule has 7 nitrogen and oxygen atoms in total. The first-order chi connectivity index (χ1) is 15.6. The average molecular weight is 553 g/mol. The molecule has 0 unspecified atom stereocenters. The summed E-state index contributed by atoms with van der Waals surface area (Å²) in [4.78, 5) is 34.1. The van der Waals surface area contributed by atoms with Gasteiger partial charge in [-0.1, -0.05) is 29.8 Å². The van der Waals surface area contributed by atoms with E-state index in [1.54, 1.807) is 90.2 Å². The highest BCUT2D eigenvalue weighted by Gasteiger charge is 2.22. The lowest BCUT2D eigenvalue weighted by Crippen LogP contribution is -2.43. The summed E-state index contributed by atoms with van der Waals surface area (Å²) < 4.78 is 0. The van der Waals surface area contributed by atoms with E-state index >= 15 is 0 Å². The first-order valence-corrected chi connectivity index (χ1v) is 10.1. The van der Waals surface area contributed by atoms with E-state index in [4.69, 9.17) is 11.6 Å². The molecule has 0 atom stereocenters. The van der Waals surface area contributed by atoms with E-state index in [0.717, 1.165) is 0 Å². The Bertz CT molecular complexity index is 1180. The van der Waals surface area contributed by atoms with Crippen molar-refractivity contribution in [1.82, 2.24) is 9.99 Å². The molecule has 11 heteroatoms. The standard InChI is InChI=1S/C24H18ClN5O2.3ClH/c25-20-10-13-22(27-16-20)28-23(31)18-8-11-21(12-9-18)30(29-15-5-4-14-26-17-29)24(32)19-6-2-1-3-7-19;;;/h1-17H,(H,27,28,31);3*1H. The second-order valence-corrected chi connectivity index (χ2v) is 7.11. The van der Waals surface area contributed by atoms with Crippen molar-refractivity contribution < 1.29 is 9.59 Å². The summed E-state index contributed by atoms with van der Waals surface area (Å²) in [6, 6.07) is 18.9. The monoisotopic (exact) mass is 551 g/mol. The Morgan fingerprint density at radius 2 is 1.57 bits per heavy atom. The van der Waals surface area contributed by atoms with Crippen molar-refractivity contribution in [3.63, 3.8) is 0 Å². The van der Waals surface area contributed by atoms with Crippen molar-refractivity contribution in [2.75, 3.05) is 10.3 Å². The average Bonchev–Trinajstić information content (AvgIpc) is 3.11. The smallest absolute Gasteiger partial charge is 0.277 e. The second-order valence-electron chi connectivity index (χ2n) is 6.67. The summed E-state index contributed by atoms with van der Waals surface area (Å²) in [5.74, 6) is -0.179. The van der Waals surface area contributed by atoms with Gasteiger partial charge in [-0.15, -0.1) is 37.2 Å². The zero-order valence-electron chi connectivity index (χ0n) is 18.0. The molecule has 0 radical (unpaired) electrons. The van der Waals surface area contributed by atoms with Crippen LogP contribution in [0.25, 0.3) is 0 Å². The second kappa shape index (κ2) is 14.1. The molecule has 182 valence electrons. The van der Waals surface area contributed by atoms with Crippen molar-refractivity contribution in [3.8, 4) is 0 Å². The normalized spacial score (nSPS) is 11.3. The van der Waals surface area contributed by atoms with E-state index in [1.165, 1.54) is 17.5 Å². The van der Waals surface area contributed by atoms with Crippen molar-refractivity contribution in [2.45, 2.75) is 0 Å². The number of hydrogen-bond donors (Lipinski definition) is 1. The van der Waals surface area contributed by atoms with Crippen LogP contribution >= 0.6 is 48.8 Å². The summed E-state index contributed by atoms with van der Waals surface area (Å²) in [5.41, 5.74) is 1.50. The molecular formula is C24H21Cl4N5O2. The number of hydrazine groups is 1. The van der Waals surface area contributed by atoms with Gasteiger partial charge >= 0.3 is 0 Å². The molecule has 0 fully saturated rings. The maximum Gasteiger partial charge on any atom is 0.277 e. The van der Waals surface area contributed by atoms with Crippen LogP contribution in [0.3, 0.4) is 0 Å². The lowest BCUT2D eigenvalue weighted by Gasteiger charge is -2.30. The highest BCUT2D eigenvalue weighted by molar-refractivity contribution is 6.30. The van der Waals surface area contributed by atoms with E-state index in [1.807, 2.05) is 6.07 Å². The topological polar surface area (TPSA) is 77.9 Å². The van der Waals surface area contributed by atoms with Crippen LogP contribution in [-0.4, -0.2) is 28.1 Å². The van der Waals surface area contributed by atoms with Gasteiger partial charge in [0.1, 0.15) is 12.2 Å². The summed E-state index contributed by atoms with van der Waals surface area (Å²) in [6.07, 6.45) is 9.88. The summed E-state index contributed by atoms with van der Waals surface area (Å²) in [7, 11) is 0. The molecule has 2 heterocycles. The van der Waals surface area contributed by atoms with Crippen molar-refractivity contribution >= 4 is 78.5 Å². The molecular weight excluding hydrogens is 532 g/mol. The number of carbonyl (C=O) groups excluding carboxylic acids is 2. The Kier molecular flexibility index (Phi) is 12.0. The van der Waals surface area contributed by atoms with Gasteiger partial charge in [0.2, 0.25) is 0 Å². The quantitative estimate of drug-likeness (QED) is 0.409. The first-order valence-electron chi connectivity index (χ1n) is 9.69. The van der Waals surface area contributed by atoms with Crippen LogP contribution in [0.4, 0.5) is 11.5 Å². The number of hydrogen-bond acceptors (Lipinski definition) is 5. The van der Waals surface area contributed by atoms with Gasteiger partial charge in [0.05, 0.1) is 10.7 Å². The summed E-state index contributed by atoms with van der Waals surface area (Å²) >= 11 is 5.83. The molecule has 0 saturated carbocycles. The van der Waals surface area contributed by atoms with Crippen LogP contribution < -0.4 is 10.3 Å². The fourth-order valence-electron chi connectivity index (χ4n) is 2.95. The van der Waals surface area contributed by atoms with Crippen LogP contribution in [0.2, 0.25) is 5.02 Å². The van der Waals surface area contributed by atoms with Crippen LogP contribution in [0.15, 0.2) is 102 Å². The van der Waals surface area contributed by atoms with E-state index in [-0.39, 0.29) is 49.0 Å². The maximum atomic E-state index is 13.3. The van der Waals surface area contributed by atoms with Gasteiger partial charge in [-0.25, -0.2) is 20.0 Å². The number of anilines is 2. The Morgan fingerprint density at radius 3 is 2.23 bits per heavy atom. The SMILES string of the molecule is Cl.Cl.Cl.O=C(Nc1ccc(Cl)cn1)c1ccc(N(C(=O)c2ccccc2)N2C=CC=CN=C2)cc1. The molecule has 1 aliphatic heterocycles. The molecule has 3 aromatic rings. The molecule has 1 aromatic heterocycles. The zero-order chi connectivity index (χ0) is 22.3.